The van der Waals surface area contributed by atoms with Crippen molar-refractivity contribution in [1.82, 2.24) is 9.80 Å². The first-order chi connectivity index (χ1) is 9.25. The predicted molar refractivity (Wildman–Crippen MR) is 79.5 cm³/mol. The fourth-order valence-electron chi connectivity index (χ4n) is 2.30. The quantitative estimate of drug-likeness (QED) is 0.813. The minimum Gasteiger partial charge on any atom is -0.391 e. The van der Waals surface area contributed by atoms with Gasteiger partial charge in [0.2, 0.25) is 5.91 Å². The number of β-amino-alcohol motifs (C(OH)–C–C–N with tert-alkyl or cyclic N) is 1. The number of carbonyl (C=O) groups is 1. The van der Waals surface area contributed by atoms with Crippen molar-refractivity contribution < 1.29 is 14.6 Å². The summed E-state index contributed by atoms with van der Waals surface area (Å²) in [6.45, 7) is 12.3. The zero-order chi connectivity index (χ0) is 15.3. The number of carbonyl (C=O) groups excluding carboxylic acids is 1. The number of amides is 1. The van der Waals surface area contributed by atoms with Gasteiger partial charge in [-0.1, -0.05) is 27.7 Å². The third-order valence-electron chi connectivity index (χ3n) is 3.95. The van der Waals surface area contributed by atoms with Gasteiger partial charge in [0.05, 0.1) is 18.6 Å². The Morgan fingerprint density at radius 1 is 1.25 bits per heavy atom. The van der Waals surface area contributed by atoms with Crippen LogP contribution in [0.4, 0.5) is 0 Å². The summed E-state index contributed by atoms with van der Waals surface area (Å²) in [6.07, 6.45) is -0.336. The zero-order valence-electron chi connectivity index (χ0n) is 13.6. The van der Waals surface area contributed by atoms with E-state index in [1.165, 1.54) is 0 Å². The summed E-state index contributed by atoms with van der Waals surface area (Å²) in [5.74, 6) is 0.0922. The highest BCUT2D eigenvalue weighted by molar-refractivity contribution is 5.78. The first-order valence-electron chi connectivity index (χ1n) is 7.44. The van der Waals surface area contributed by atoms with Crippen molar-refractivity contribution in [3.63, 3.8) is 0 Å². The lowest BCUT2D eigenvalue weighted by atomic mass is 9.89. The van der Waals surface area contributed by atoms with Crippen LogP contribution < -0.4 is 0 Å². The van der Waals surface area contributed by atoms with Gasteiger partial charge < -0.3 is 14.7 Å². The van der Waals surface area contributed by atoms with Crippen LogP contribution in [-0.4, -0.2) is 73.4 Å². The van der Waals surface area contributed by atoms with Gasteiger partial charge >= 0.3 is 0 Å². The largest absolute Gasteiger partial charge is 0.391 e. The maximum absolute atomic E-state index is 12.2. The Balaban J connectivity index is 2.38. The van der Waals surface area contributed by atoms with E-state index in [9.17, 15) is 9.90 Å². The molecule has 5 nitrogen and oxygen atoms in total. The maximum Gasteiger partial charge on any atom is 0.227 e. The molecular formula is C15H30N2O3. The molecule has 5 heteroatoms. The summed E-state index contributed by atoms with van der Waals surface area (Å²) in [6, 6.07) is 0. The van der Waals surface area contributed by atoms with Gasteiger partial charge in [-0.25, -0.2) is 0 Å². The van der Waals surface area contributed by atoms with Crippen LogP contribution in [-0.2, 0) is 9.53 Å². The van der Waals surface area contributed by atoms with E-state index in [1.54, 1.807) is 7.11 Å². The van der Waals surface area contributed by atoms with Crippen molar-refractivity contribution in [3.05, 3.63) is 0 Å². The highest BCUT2D eigenvalue weighted by atomic mass is 16.5. The SMILES string of the molecule is COC[C@@H](C)C(=O)N1CCN(C[C@@H](O)C(C)(C)C)CC1. The van der Waals surface area contributed by atoms with E-state index in [-0.39, 0.29) is 23.3 Å². The van der Waals surface area contributed by atoms with Crippen LogP contribution in [0.5, 0.6) is 0 Å². The lowest BCUT2D eigenvalue weighted by Crippen LogP contribution is -2.53. The maximum atomic E-state index is 12.2. The monoisotopic (exact) mass is 286 g/mol. The lowest BCUT2D eigenvalue weighted by Gasteiger charge is -2.38. The van der Waals surface area contributed by atoms with Crippen molar-refractivity contribution in [2.75, 3.05) is 46.4 Å². The molecule has 1 rings (SSSR count). The molecule has 0 bridgehead atoms. The van der Waals surface area contributed by atoms with Gasteiger partial charge in [0.25, 0.3) is 0 Å². The average Bonchev–Trinajstić information content (AvgIpc) is 2.38. The van der Waals surface area contributed by atoms with Gasteiger partial charge in [-0.2, -0.15) is 0 Å². The van der Waals surface area contributed by atoms with Crippen molar-refractivity contribution in [1.29, 1.82) is 0 Å². The Morgan fingerprint density at radius 3 is 2.25 bits per heavy atom. The number of hydrogen-bond donors (Lipinski definition) is 1. The number of methoxy groups -OCH3 is 1. The molecule has 0 unspecified atom stereocenters. The van der Waals surface area contributed by atoms with Gasteiger partial charge in [-0.3, -0.25) is 9.69 Å². The topological polar surface area (TPSA) is 53.0 Å². The van der Waals surface area contributed by atoms with Gasteiger partial charge in [-0.05, 0) is 5.41 Å². The molecule has 0 saturated carbocycles. The van der Waals surface area contributed by atoms with E-state index in [0.29, 0.717) is 13.2 Å². The highest BCUT2D eigenvalue weighted by Crippen LogP contribution is 2.20. The van der Waals surface area contributed by atoms with Crippen molar-refractivity contribution in [2.24, 2.45) is 11.3 Å². The smallest absolute Gasteiger partial charge is 0.227 e. The average molecular weight is 286 g/mol. The van der Waals surface area contributed by atoms with E-state index < -0.39 is 0 Å². The molecule has 0 spiro atoms. The molecule has 1 saturated heterocycles. The van der Waals surface area contributed by atoms with Crippen molar-refractivity contribution in [2.45, 2.75) is 33.8 Å². The second kappa shape index (κ2) is 7.38. The van der Waals surface area contributed by atoms with Crippen LogP contribution in [0.1, 0.15) is 27.7 Å². The van der Waals surface area contributed by atoms with Crippen LogP contribution in [0.3, 0.4) is 0 Å². The first kappa shape index (κ1) is 17.4. The van der Waals surface area contributed by atoms with Crippen LogP contribution >= 0.6 is 0 Å². The summed E-state index contributed by atoms with van der Waals surface area (Å²) in [7, 11) is 1.62. The normalized spacial score (nSPS) is 20.8. The molecule has 0 aromatic rings. The third kappa shape index (κ3) is 5.04. The van der Waals surface area contributed by atoms with E-state index in [2.05, 4.69) is 4.90 Å². The van der Waals surface area contributed by atoms with Gasteiger partial charge in [0.1, 0.15) is 0 Å². The fourth-order valence-corrected chi connectivity index (χ4v) is 2.30. The minimum atomic E-state index is -0.336. The number of hydrogen-bond acceptors (Lipinski definition) is 4. The number of ether oxygens (including phenoxy) is 1. The van der Waals surface area contributed by atoms with Crippen molar-refractivity contribution >= 4 is 5.91 Å². The molecule has 118 valence electrons. The predicted octanol–water partition coefficient (Wildman–Crippen LogP) is 0.820. The zero-order valence-corrected chi connectivity index (χ0v) is 13.6. The minimum absolute atomic E-state index is 0.0771. The Kier molecular flexibility index (Phi) is 6.43. The fraction of sp³-hybridized carbons (Fsp3) is 0.933. The van der Waals surface area contributed by atoms with Crippen LogP contribution in [0, 0.1) is 11.3 Å². The summed E-state index contributed by atoms with van der Waals surface area (Å²) in [5, 5.41) is 10.1. The van der Waals surface area contributed by atoms with E-state index in [0.717, 1.165) is 26.2 Å². The molecule has 0 radical (unpaired) electrons. The third-order valence-corrected chi connectivity index (χ3v) is 3.95. The molecule has 0 aromatic heterocycles. The van der Waals surface area contributed by atoms with Crippen LogP contribution in [0.25, 0.3) is 0 Å². The number of nitrogens with zero attached hydrogens (tertiary/aromatic N) is 2. The Bertz CT molecular complexity index is 307. The summed E-state index contributed by atoms with van der Waals surface area (Å²) in [4.78, 5) is 16.3. The van der Waals surface area contributed by atoms with Gasteiger partial charge in [0, 0.05) is 39.8 Å². The number of aliphatic hydroxyl groups excluding tert-OH is 1. The number of piperazine rings is 1. The molecule has 1 aliphatic heterocycles. The molecule has 0 aliphatic carbocycles. The Morgan fingerprint density at radius 2 is 1.80 bits per heavy atom. The molecule has 0 aromatic carbocycles. The Hall–Kier alpha value is -0.650. The molecule has 1 N–H and O–H groups in total. The van der Waals surface area contributed by atoms with Crippen LogP contribution in [0.2, 0.25) is 0 Å². The molecular weight excluding hydrogens is 256 g/mol. The lowest BCUT2D eigenvalue weighted by molar-refractivity contribution is -0.138. The summed E-state index contributed by atoms with van der Waals surface area (Å²) >= 11 is 0. The van der Waals surface area contributed by atoms with E-state index in [4.69, 9.17) is 4.74 Å². The molecule has 1 fully saturated rings. The molecule has 1 heterocycles. The highest BCUT2D eigenvalue weighted by Gasteiger charge is 2.28. The molecule has 2 atom stereocenters. The standard InChI is InChI=1S/C15H30N2O3/c1-12(11-20-5)14(19)17-8-6-16(7-9-17)10-13(18)15(2,3)4/h12-13,18H,6-11H2,1-5H3/t12-,13-/m1/s1. The molecule has 20 heavy (non-hydrogen) atoms. The van der Waals surface area contributed by atoms with E-state index in [1.807, 2.05) is 32.6 Å². The van der Waals surface area contributed by atoms with Crippen LogP contribution in [0.15, 0.2) is 0 Å². The Labute approximate surface area is 122 Å². The summed E-state index contributed by atoms with van der Waals surface area (Å²) < 4.78 is 5.04. The number of aliphatic hydroxyl groups is 1. The van der Waals surface area contributed by atoms with Gasteiger partial charge in [-0.15, -0.1) is 0 Å². The molecule has 1 aliphatic rings. The van der Waals surface area contributed by atoms with Crippen molar-refractivity contribution in [3.8, 4) is 0 Å². The second-order valence-corrected chi connectivity index (χ2v) is 6.86. The first-order valence-corrected chi connectivity index (χ1v) is 7.44. The second-order valence-electron chi connectivity index (χ2n) is 6.86. The number of rotatable bonds is 5. The van der Waals surface area contributed by atoms with E-state index >= 15 is 0 Å². The molecule has 1 amide bonds. The van der Waals surface area contributed by atoms with Gasteiger partial charge in [0.15, 0.2) is 0 Å². The summed E-state index contributed by atoms with van der Waals surface area (Å²) in [5.41, 5.74) is -0.0973.